The third kappa shape index (κ3) is 5.13. The van der Waals surface area contributed by atoms with E-state index in [9.17, 15) is 4.79 Å². The Balaban J connectivity index is 1.87. The Morgan fingerprint density at radius 1 is 1.32 bits per heavy atom. The van der Waals surface area contributed by atoms with Gasteiger partial charge in [0.1, 0.15) is 0 Å². The molecule has 0 N–H and O–H groups in total. The summed E-state index contributed by atoms with van der Waals surface area (Å²) in [5.74, 6) is 1.05. The molecule has 1 aliphatic rings. The summed E-state index contributed by atoms with van der Waals surface area (Å²) in [6.07, 6.45) is 3.24. The molecule has 1 amide bonds. The van der Waals surface area contributed by atoms with Crippen LogP contribution in [0.15, 0.2) is 30.3 Å². The summed E-state index contributed by atoms with van der Waals surface area (Å²) in [4.78, 5) is 17.1. The van der Waals surface area contributed by atoms with E-state index in [2.05, 4.69) is 37.8 Å². The quantitative estimate of drug-likeness (QED) is 0.802. The van der Waals surface area contributed by atoms with E-state index in [1.165, 1.54) is 18.4 Å². The van der Waals surface area contributed by atoms with Gasteiger partial charge in [0.25, 0.3) is 0 Å². The minimum atomic E-state index is 0.244. The van der Waals surface area contributed by atoms with Gasteiger partial charge in [-0.25, -0.2) is 0 Å². The van der Waals surface area contributed by atoms with Crippen molar-refractivity contribution in [2.24, 2.45) is 5.92 Å². The summed E-state index contributed by atoms with van der Waals surface area (Å²) < 4.78 is 0. The van der Waals surface area contributed by atoms with Crippen LogP contribution in [0.3, 0.4) is 0 Å². The Labute approximate surface area is 135 Å². The molecule has 1 fully saturated rings. The minimum absolute atomic E-state index is 0.244. The molecule has 1 saturated heterocycles. The maximum Gasteiger partial charge on any atom is 0.224 e. The maximum absolute atomic E-state index is 12.6. The minimum Gasteiger partial charge on any atom is -0.336 e. The summed E-state index contributed by atoms with van der Waals surface area (Å²) >= 11 is 0. The van der Waals surface area contributed by atoms with Crippen molar-refractivity contribution in [3.05, 3.63) is 35.9 Å². The van der Waals surface area contributed by atoms with Gasteiger partial charge < -0.3 is 9.80 Å². The zero-order chi connectivity index (χ0) is 15.9. The number of hydrogen-bond donors (Lipinski definition) is 0. The van der Waals surface area contributed by atoms with Gasteiger partial charge in [-0.1, -0.05) is 37.3 Å². The summed E-state index contributed by atoms with van der Waals surface area (Å²) in [6, 6.07) is 10.5. The van der Waals surface area contributed by atoms with Crippen LogP contribution in [-0.2, 0) is 11.3 Å². The maximum atomic E-state index is 12.6. The zero-order valence-corrected chi connectivity index (χ0v) is 14.3. The first-order chi connectivity index (χ1) is 10.6. The van der Waals surface area contributed by atoms with E-state index in [0.717, 1.165) is 25.6 Å². The molecule has 0 aromatic heterocycles. The predicted molar refractivity (Wildman–Crippen MR) is 91.6 cm³/mol. The molecule has 0 spiro atoms. The average molecular weight is 302 g/mol. The van der Waals surface area contributed by atoms with Crippen molar-refractivity contribution >= 4 is 5.91 Å². The Hall–Kier alpha value is -1.35. The first kappa shape index (κ1) is 17.0. The van der Waals surface area contributed by atoms with Crippen molar-refractivity contribution < 1.29 is 4.79 Å². The highest BCUT2D eigenvalue weighted by molar-refractivity contribution is 5.76. The largest absolute Gasteiger partial charge is 0.336 e. The standard InChI is InChI=1S/C19H30N2O/c1-16(2)21(15-18-9-5-4-6-10-18)19(22)11-13-20-12-7-8-17(3)14-20/h4-6,9-10,16-17H,7-8,11-15H2,1-3H3. The molecule has 1 aromatic carbocycles. The molecule has 0 radical (unpaired) electrons. The monoisotopic (exact) mass is 302 g/mol. The number of nitrogens with zero attached hydrogens (tertiary/aromatic N) is 2. The molecule has 1 aromatic rings. The second-order valence-electron chi connectivity index (χ2n) is 6.90. The molecular formula is C19H30N2O. The van der Waals surface area contributed by atoms with Crippen LogP contribution in [0.2, 0.25) is 0 Å². The molecule has 122 valence electrons. The molecular weight excluding hydrogens is 272 g/mol. The fourth-order valence-electron chi connectivity index (χ4n) is 3.23. The number of likely N-dealkylation sites (tertiary alicyclic amines) is 1. The van der Waals surface area contributed by atoms with Crippen molar-refractivity contribution in [2.75, 3.05) is 19.6 Å². The second kappa shape index (κ2) is 8.33. The summed E-state index contributed by atoms with van der Waals surface area (Å²) in [5.41, 5.74) is 1.20. The molecule has 3 nitrogen and oxygen atoms in total. The Morgan fingerprint density at radius 3 is 2.68 bits per heavy atom. The molecule has 1 unspecified atom stereocenters. The topological polar surface area (TPSA) is 23.6 Å². The van der Waals surface area contributed by atoms with Gasteiger partial charge >= 0.3 is 0 Å². The molecule has 2 rings (SSSR count). The van der Waals surface area contributed by atoms with Crippen LogP contribution in [0.25, 0.3) is 0 Å². The summed E-state index contributed by atoms with van der Waals surface area (Å²) in [7, 11) is 0. The second-order valence-corrected chi connectivity index (χ2v) is 6.90. The smallest absolute Gasteiger partial charge is 0.224 e. The highest BCUT2D eigenvalue weighted by Gasteiger charge is 2.20. The van der Waals surface area contributed by atoms with Crippen LogP contribution < -0.4 is 0 Å². The lowest BCUT2D eigenvalue weighted by Crippen LogP contribution is -2.40. The lowest BCUT2D eigenvalue weighted by molar-refractivity contribution is -0.134. The van der Waals surface area contributed by atoms with Crippen LogP contribution in [0, 0.1) is 5.92 Å². The third-order valence-corrected chi connectivity index (χ3v) is 4.52. The van der Waals surface area contributed by atoms with Gasteiger partial charge in [0.05, 0.1) is 0 Å². The van der Waals surface area contributed by atoms with E-state index in [1.54, 1.807) is 0 Å². The van der Waals surface area contributed by atoms with E-state index >= 15 is 0 Å². The van der Waals surface area contributed by atoms with E-state index in [1.807, 2.05) is 23.1 Å². The molecule has 0 aliphatic carbocycles. The highest BCUT2D eigenvalue weighted by Crippen LogP contribution is 2.16. The fourth-order valence-corrected chi connectivity index (χ4v) is 3.23. The van der Waals surface area contributed by atoms with Crippen LogP contribution in [0.4, 0.5) is 0 Å². The van der Waals surface area contributed by atoms with Crippen molar-refractivity contribution in [3.8, 4) is 0 Å². The Morgan fingerprint density at radius 2 is 2.05 bits per heavy atom. The molecule has 22 heavy (non-hydrogen) atoms. The zero-order valence-electron chi connectivity index (χ0n) is 14.3. The van der Waals surface area contributed by atoms with Gasteiger partial charge in [-0.2, -0.15) is 0 Å². The molecule has 1 heterocycles. The molecule has 1 aliphatic heterocycles. The van der Waals surface area contributed by atoms with Gasteiger partial charge in [-0.3, -0.25) is 4.79 Å². The van der Waals surface area contributed by atoms with E-state index in [4.69, 9.17) is 0 Å². The van der Waals surface area contributed by atoms with Crippen LogP contribution in [0.1, 0.15) is 45.6 Å². The number of carbonyl (C=O) groups is 1. The van der Waals surface area contributed by atoms with E-state index in [0.29, 0.717) is 13.0 Å². The van der Waals surface area contributed by atoms with Crippen molar-refractivity contribution in [2.45, 2.75) is 52.6 Å². The Bertz CT molecular complexity index is 458. The van der Waals surface area contributed by atoms with Crippen molar-refractivity contribution in [3.63, 3.8) is 0 Å². The molecule has 1 atom stereocenters. The van der Waals surface area contributed by atoms with Crippen LogP contribution in [-0.4, -0.2) is 41.4 Å². The number of rotatable bonds is 6. The Kier molecular flexibility index (Phi) is 6.44. The lowest BCUT2D eigenvalue weighted by atomic mass is 10.0. The number of piperidine rings is 1. The first-order valence-corrected chi connectivity index (χ1v) is 8.62. The average Bonchev–Trinajstić information content (AvgIpc) is 2.51. The first-order valence-electron chi connectivity index (χ1n) is 8.62. The molecule has 0 saturated carbocycles. The van der Waals surface area contributed by atoms with Gasteiger partial charge in [-0.05, 0) is 44.7 Å². The SMILES string of the molecule is CC1CCCN(CCC(=O)N(Cc2ccccc2)C(C)C)C1. The third-order valence-electron chi connectivity index (χ3n) is 4.52. The van der Waals surface area contributed by atoms with E-state index < -0.39 is 0 Å². The fraction of sp³-hybridized carbons (Fsp3) is 0.632. The van der Waals surface area contributed by atoms with E-state index in [-0.39, 0.29) is 11.9 Å². The van der Waals surface area contributed by atoms with Crippen LogP contribution >= 0.6 is 0 Å². The molecule has 3 heteroatoms. The van der Waals surface area contributed by atoms with Gasteiger partial charge in [0, 0.05) is 32.1 Å². The van der Waals surface area contributed by atoms with Crippen molar-refractivity contribution in [1.82, 2.24) is 9.80 Å². The number of carbonyl (C=O) groups excluding carboxylic acids is 1. The molecule has 0 bridgehead atoms. The number of hydrogen-bond acceptors (Lipinski definition) is 2. The summed E-state index contributed by atoms with van der Waals surface area (Å²) in [6.45, 7) is 10.4. The van der Waals surface area contributed by atoms with Gasteiger partial charge in [0.2, 0.25) is 5.91 Å². The lowest BCUT2D eigenvalue weighted by Gasteiger charge is -2.32. The van der Waals surface area contributed by atoms with Gasteiger partial charge in [0.15, 0.2) is 0 Å². The van der Waals surface area contributed by atoms with Crippen LogP contribution in [0.5, 0.6) is 0 Å². The van der Waals surface area contributed by atoms with Gasteiger partial charge in [-0.15, -0.1) is 0 Å². The van der Waals surface area contributed by atoms with Crippen molar-refractivity contribution in [1.29, 1.82) is 0 Å². The summed E-state index contributed by atoms with van der Waals surface area (Å²) in [5, 5.41) is 0. The normalized spacial score (nSPS) is 19.4. The number of amides is 1. The predicted octanol–water partition coefficient (Wildman–Crippen LogP) is 3.55. The number of benzene rings is 1. The highest BCUT2D eigenvalue weighted by atomic mass is 16.2.